The van der Waals surface area contributed by atoms with Crippen molar-refractivity contribution >= 4 is 11.6 Å². The van der Waals surface area contributed by atoms with Gasteiger partial charge in [-0.1, -0.05) is 11.6 Å². The molecule has 0 amide bonds. The van der Waals surface area contributed by atoms with Crippen LogP contribution in [0.15, 0.2) is 12.1 Å². The molecule has 1 heterocycles. The molecule has 1 rings (SSSR count). The van der Waals surface area contributed by atoms with Crippen LogP contribution < -0.4 is 4.74 Å². The van der Waals surface area contributed by atoms with Crippen LogP contribution in [0.3, 0.4) is 0 Å². The molecule has 0 atom stereocenters. The number of aromatic nitrogens is 1. The molecule has 0 aliphatic carbocycles. The molecule has 0 aliphatic rings. The van der Waals surface area contributed by atoms with Gasteiger partial charge in [0.1, 0.15) is 5.15 Å². The summed E-state index contributed by atoms with van der Waals surface area (Å²) < 4.78 is 4.85. The molecular weight excluding hydrogens is 176 g/mol. The molecule has 4 heteroatoms. The Morgan fingerprint density at radius 1 is 1.67 bits per heavy atom. The van der Waals surface area contributed by atoms with E-state index in [0.717, 1.165) is 5.56 Å². The lowest BCUT2D eigenvalue weighted by atomic mass is 10.2. The summed E-state index contributed by atoms with van der Waals surface area (Å²) in [6.45, 7) is 0. The van der Waals surface area contributed by atoms with Gasteiger partial charge in [0.2, 0.25) is 5.88 Å². The van der Waals surface area contributed by atoms with Crippen LogP contribution in [0.2, 0.25) is 5.15 Å². The first-order valence-corrected chi connectivity index (χ1v) is 3.72. The highest BCUT2D eigenvalue weighted by molar-refractivity contribution is 6.30. The first-order valence-electron chi connectivity index (χ1n) is 3.34. The van der Waals surface area contributed by atoms with E-state index in [1.807, 2.05) is 6.07 Å². The summed E-state index contributed by atoms with van der Waals surface area (Å²) in [7, 11) is 1.52. The highest BCUT2D eigenvalue weighted by atomic mass is 35.5. The largest absolute Gasteiger partial charge is 0.481 e. The van der Waals surface area contributed by atoms with Crippen LogP contribution in [0.5, 0.6) is 5.88 Å². The fraction of sp³-hybridized carbons (Fsp3) is 0.250. The van der Waals surface area contributed by atoms with E-state index in [2.05, 4.69) is 4.98 Å². The van der Waals surface area contributed by atoms with E-state index >= 15 is 0 Å². The van der Waals surface area contributed by atoms with Crippen molar-refractivity contribution in [2.24, 2.45) is 0 Å². The van der Waals surface area contributed by atoms with Gasteiger partial charge in [-0.05, 0) is 6.07 Å². The molecule has 1 aromatic heterocycles. The summed E-state index contributed by atoms with van der Waals surface area (Å²) in [4.78, 5) is 3.90. The number of hydrogen-bond donors (Lipinski definition) is 0. The Kier molecular flexibility index (Phi) is 2.89. The van der Waals surface area contributed by atoms with Gasteiger partial charge in [0.05, 0.1) is 19.6 Å². The van der Waals surface area contributed by atoms with Crippen molar-refractivity contribution in [1.29, 1.82) is 5.26 Å². The zero-order chi connectivity index (χ0) is 8.97. The van der Waals surface area contributed by atoms with Gasteiger partial charge in [0.25, 0.3) is 0 Å². The van der Waals surface area contributed by atoms with Crippen molar-refractivity contribution in [2.75, 3.05) is 7.11 Å². The Hall–Kier alpha value is -1.27. The summed E-state index contributed by atoms with van der Waals surface area (Å²) in [6, 6.07) is 5.41. The standard InChI is InChI=1S/C8H7ClN2O/c1-12-7-3-2-6(4-5-10)8(9)11-7/h2-3H,4H2,1H3. The van der Waals surface area contributed by atoms with E-state index in [0.29, 0.717) is 11.0 Å². The fourth-order valence-electron chi connectivity index (χ4n) is 0.777. The molecule has 0 spiro atoms. The third-order valence-electron chi connectivity index (χ3n) is 1.38. The molecule has 0 N–H and O–H groups in total. The van der Waals surface area contributed by atoms with Crippen LogP contribution in [-0.4, -0.2) is 12.1 Å². The quantitative estimate of drug-likeness (QED) is 0.656. The van der Waals surface area contributed by atoms with Crippen LogP contribution in [0.4, 0.5) is 0 Å². The molecule has 0 bridgehead atoms. The van der Waals surface area contributed by atoms with Gasteiger partial charge < -0.3 is 4.74 Å². The molecule has 1 aromatic rings. The molecule has 62 valence electrons. The normalized spacial score (nSPS) is 9.08. The highest BCUT2D eigenvalue weighted by Gasteiger charge is 2.02. The van der Waals surface area contributed by atoms with Gasteiger partial charge in [0, 0.05) is 11.6 Å². The third-order valence-corrected chi connectivity index (χ3v) is 1.71. The number of methoxy groups -OCH3 is 1. The van der Waals surface area contributed by atoms with Gasteiger partial charge in [0.15, 0.2) is 0 Å². The van der Waals surface area contributed by atoms with Crippen molar-refractivity contribution in [2.45, 2.75) is 6.42 Å². The molecule has 0 aromatic carbocycles. The number of nitriles is 1. The molecule has 3 nitrogen and oxygen atoms in total. The fourth-order valence-corrected chi connectivity index (χ4v) is 0.990. The molecule has 0 unspecified atom stereocenters. The van der Waals surface area contributed by atoms with Crippen molar-refractivity contribution in [3.05, 3.63) is 22.8 Å². The molecule has 0 saturated carbocycles. The van der Waals surface area contributed by atoms with Gasteiger partial charge in [-0.3, -0.25) is 0 Å². The van der Waals surface area contributed by atoms with Crippen molar-refractivity contribution in [1.82, 2.24) is 4.98 Å². The Labute approximate surface area is 75.6 Å². The highest BCUT2D eigenvalue weighted by Crippen LogP contribution is 2.17. The first kappa shape index (κ1) is 8.82. The van der Waals surface area contributed by atoms with Crippen LogP contribution in [0.25, 0.3) is 0 Å². The maximum Gasteiger partial charge on any atom is 0.214 e. The molecule has 0 radical (unpaired) electrons. The van der Waals surface area contributed by atoms with Crippen molar-refractivity contribution in [3.8, 4) is 11.9 Å². The maximum atomic E-state index is 8.40. The number of nitrogens with zero attached hydrogens (tertiary/aromatic N) is 2. The smallest absolute Gasteiger partial charge is 0.214 e. The van der Waals surface area contributed by atoms with Crippen LogP contribution in [0, 0.1) is 11.3 Å². The minimum absolute atomic E-state index is 0.274. The number of hydrogen-bond acceptors (Lipinski definition) is 3. The van der Waals surface area contributed by atoms with Crippen LogP contribution in [0.1, 0.15) is 5.56 Å². The number of ether oxygens (including phenoxy) is 1. The summed E-state index contributed by atoms with van der Waals surface area (Å²) in [6.07, 6.45) is 0.274. The van der Waals surface area contributed by atoms with Gasteiger partial charge >= 0.3 is 0 Å². The Bertz CT molecular complexity index is 319. The number of halogens is 1. The zero-order valence-corrected chi connectivity index (χ0v) is 7.30. The second-order valence-corrected chi connectivity index (χ2v) is 2.50. The molecule has 12 heavy (non-hydrogen) atoms. The molecule has 0 fully saturated rings. The Morgan fingerprint density at radius 3 is 2.92 bits per heavy atom. The van der Waals surface area contributed by atoms with E-state index in [4.69, 9.17) is 21.6 Å². The lowest BCUT2D eigenvalue weighted by Crippen LogP contribution is -1.91. The van der Waals surface area contributed by atoms with E-state index in [9.17, 15) is 0 Å². The van der Waals surface area contributed by atoms with Crippen molar-refractivity contribution in [3.63, 3.8) is 0 Å². The second kappa shape index (κ2) is 3.93. The van der Waals surface area contributed by atoms with E-state index in [1.54, 1.807) is 12.1 Å². The minimum Gasteiger partial charge on any atom is -0.481 e. The lowest BCUT2D eigenvalue weighted by Gasteiger charge is -2.01. The zero-order valence-electron chi connectivity index (χ0n) is 6.54. The van der Waals surface area contributed by atoms with Crippen LogP contribution >= 0.6 is 11.6 Å². The molecule has 0 saturated heterocycles. The summed E-state index contributed by atoms with van der Waals surface area (Å²) >= 11 is 5.74. The Morgan fingerprint density at radius 2 is 2.42 bits per heavy atom. The van der Waals surface area contributed by atoms with E-state index in [-0.39, 0.29) is 6.42 Å². The van der Waals surface area contributed by atoms with E-state index in [1.165, 1.54) is 7.11 Å². The summed E-state index contributed by atoms with van der Waals surface area (Å²) in [5.41, 5.74) is 0.722. The average Bonchev–Trinajstić information content (AvgIpc) is 2.09. The second-order valence-electron chi connectivity index (χ2n) is 2.14. The van der Waals surface area contributed by atoms with Gasteiger partial charge in [-0.2, -0.15) is 5.26 Å². The molecule has 0 aliphatic heterocycles. The summed E-state index contributed by atoms with van der Waals surface area (Å²) in [5.74, 6) is 0.460. The Balaban J connectivity index is 2.97. The topological polar surface area (TPSA) is 45.9 Å². The lowest BCUT2D eigenvalue weighted by molar-refractivity contribution is 0.398. The maximum absolute atomic E-state index is 8.40. The number of pyridine rings is 1. The van der Waals surface area contributed by atoms with Crippen LogP contribution in [-0.2, 0) is 6.42 Å². The van der Waals surface area contributed by atoms with Crippen molar-refractivity contribution < 1.29 is 4.74 Å². The predicted octanol–water partition coefficient (Wildman–Crippen LogP) is 1.81. The average molecular weight is 183 g/mol. The minimum atomic E-state index is 0.274. The monoisotopic (exact) mass is 182 g/mol. The van der Waals surface area contributed by atoms with E-state index < -0.39 is 0 Å². The predicted molar refractivity (Wildman–Crippen MR) is 45.1 cm³/mol. The molecular formula is C8H7ClN2O. The first-order chi connectivity index (χ1) is 5.77. The SMILES string of the molecule is COc1ccc(CC#N)c(Cl)n1. The summed E-state index contributed by atoms with van der Waals surface area (Å²) in [5, 5.41) is 8.73. The number of rotatable bonds is 2. The van der Waals surface area contributed by atoms with Gasteiger partial charge in [-0.25, -0.2) is 4.98 Å². The van der Waals surface area contributed by atoms with Gasteiger partial charge in [-0.15, -0.1) is 0 Å². The third kappa shape index (κ3) is 1.86.